The van der Waals surface area contributed by atoms with Gasteiger partial charge in [0.15, 0.2) is 17.3 Å². The number of halogens is 2. The zero-order valence-corrected chi connectivity index (χ0v) is 20.7. The fourth-order valence-corrected chi connectivity index (χ4v) is 4.97. The summed E-state index contributed by atoms with van der Waals surface area (Å²) in [4.78, 5) is 9.67. The first-order valence-corrected chi connectivity index (χ1v) is 11.7. The number of aryl methyl sites for hydroxylation is 1. The molecule has 2 heterocycles. The molecular weight excluding hydrogens is 548 g/mol. The molecule has 1 N–H and O–H groups in total. The Hall–Kier alpha value is -3.23. The van der Waals surface area contributed by atoms with E-state index < -0.39 is 0 Å². The van der Waals surface area contributed by atoms with Gasteiger partial charge < -0.3 is 9.47 Å². The van der Waals surface area contributed by atoms with Gasteiger partial charge in [-0.1, -0.05) is 40.2 Å². The van der Waals surface area contributed by atoms with Crippen LogP contribution < -0.4 is 14.9 Å². The second kappa shape index (κ2) is 9.33. The second-order valence-electron chi connectivity index (χ2n) is 7.39. The van der Waals surface area contributed by atoms with Gasteiger partial charge in [-0.2, -0.15) is 5.10 Å². The first-order chi connectivity index (χ1) is 16.1. The lowest BCUT2D eigenvalue weighted by Gasteiger charge is -2.10. The Morgan fingerprint density at radius 2 is 1.85 bits per heavy atom. The van der Waals surface area contributed by atoms with Crippen LogP contribution in [0.3, 0.4) is 0 Å². The van der Waals surface area contributed by atoms with Crippen molar-refractivity contribution in [1.82, 2.24) is 10.4 Å². The number of amidine groups is 1. The van der Waals surface area contributed by atoms with Crippen LogP contribution in [0.2, 0.25) is 0 Å². The summed E-state index contributed by atoms with van der Waals surface area (Å²) >= 11 is 7.15. The molecule has 0 radical (unpaired) electrons. The summed E-state index contributed by atoms with van der Waals surface area (Å²) in [5.74, 6) is 1.97. The molecule has 0 atom stereocenters. The minimum absolute atomic E-state index is 0.236. The number of pyridine rings is 1. The minimum Gasteiger partial charge on any atom is -0.454 e. The van der Waals surface area contributed by atoms with Gasteiger partial charge in [-0.3, -0.25) is 5.43 Å². The first kappa shape index (κ1) is 21.6. The third kappa shape index (κ3) is 4.77. The molecule has 0 fully saturated rings. The molecule has 0 aliphatic carbocycles. The van der Waals surface area contributed by atoms with Gasteiger partial charge in [0.25, 0.3) is 0 Å². The van der Waals surface area contributed by atoms with Crippen LogP contribution in [0.15, 0.2) is 85.8 Å². The summed E-state index contributed by atoms with van der Waals surface area (Å²) in [6.45, 7) is 2.25. The fraction of sp³-hybridized carbons (Fsp3) is 0.0800. The van der Waals surface area contributed by atoms with Gasteiger partial charge in [-0.25, -0.2) is 9.98 Å². The lowest BCUT2D eigenvalue weighted by Crippen LogP contribution is -2.20. The van der Waals surface area contributed by atoms with Crippen LogP contribution in [-0.2, 0) is 0 Å². The van der Waals surface area contributed by atoms with Gasteiger partial charge in [-0.15, -0.1) is 0 Å². The van der Waals surface area contributed by atoms with Crippen LogP contribution in [-0.4, -0.2) is 23.8 Å². The minimum atomic E-state index is 0.236. The molecule has 0 amide bonds. The summed E-state index contributed by atoms with van der Waals surface area (Å²) in [6, 6.07) is 21.6. The van der Waals surface area contributed by atoms with Crippen molar-refractivity contribution in [2.45, 2.75) is 6.92 Å². The maximum atomic E-state index is 5.44. The van der Waals surface area contributed by atoms with E-state index in [-0.39, 0.29) is 6.79 Å². The summed E-state index contributed by atoms with van der Waals surface area (Å²) in [7, 11) is 0. The summed E-state index contributed by atoms with van der Waals surface area (Å²) in [5, 5.41) is 5.49. The van der Waals surface area contributed by atoms with Crippen LogP contribution in [0, 0.1) is 6.92 Å². The van der Waals surface area contributed by atoms with Gasteiger partial charge in [0.05, 0.1) is 17.4 Å². The Morgan fingerprint density at radius 1 is 1.00 bits per heavy atom. The van der Waals surface area contributed by atoms with Gasteiger partial charge >= 0.3 is 0 Å². The molecular formula is C25H18Br2N4O2. The largest absolute Gasteiger partial charge is 0.454 e. The Balaban J connectivity index is 1.52. The number of ether oxygens (including phenoxy) is 2. The standard InChI is InChI=1S/C25H18Br2N4O2/c1-15-10-18(26)12-19(27)24(15)30-25(21-8-7-17-4-2-3-5-20(17)29-21)31-28-13-16-6-9-22-23(11-16)33-14-32-22/h2-13H,14H2,1H3,(H,30,31)/b28-13+. The molecule has 8 heteroatoms. The highest BCUT2D eigenvalue weighted by Gasteiger charge is 2.13. The van der Waals surface area contributed by atoms with Gasteiger partial charge in [0.2, 0.25) is 6.79 Å². The van der Waals surface area contributed by atoms with Crippen molar-refractivity contribution in [1.29, 1.82) is 0 Å². The van der Waals surface area contributed by atoms with Crippen molar-refractivity contribution in [2.24, 2.45) is 10.1 Å². The maximum Gasteiger partial charge on any atom is 0.231 e. The Bertz CT molecular complexity index is 1400. The molecule has 0 saturated heterocycles. The molecule has 1 aliphatic heterocycles. The van der Waals surface area contributed by atoms with E-state index in [9.17, 15) is 0 Å². The van der Waals surface area contributed by atoms with E-state index in [0.29, 0.717) is 17.3 Å². The molecule has 0 unspecified atom stereocenters. The smallest absolute Gasteiger partial charge is 0.231 e. The van der Waals surface area contributed by atoms with E-state index in [1.54, 1.807) is 6.21 Å². The molecule has 3 aromatic carbocycles. The van der Waals surface area contributed by atoms with E-state index in [1.165, 1.54) is 0 Å². The lowest BCUT2D eigenvalue weighted by atomic mass is 10.2. The van der Waals surface area contributed by atoms with Crippen molar-refractivity contribution >= 4 is 60.5 Å². The highest BCUT2D eigenvalue weighted by Crippen LogP contribution is 2.33. The van der Waals surface area contributed by atoms with Crippen LogP contribution in [0.25, 0.3) is 10.9 Å². The van der Waals surface area contributed by atoms with Crippen LogP contribution in [0.1, 0.15) is 16.8 Å². The number of aliphatic imine (C=N–C) groups is 1. The van der Waals surface area contributed by atoms with Crippen molar-refractivity contribution in [3.8, 4) is 11.5 Å². The highest BCUT2D eigenvalue weighted by atomic mass is 79.9. The molecule has 33 heavy (non-hydrogen) atoms. The molecule has 6 nitrogen and oxygen atoms in total. The van der Waals surface area contributed by atoms with Crippen molar-refractivity contribution in [2.75, 3.05) is 6.79 Å². The van der Waals surface area contributed by atoms with Crippen LogP contribution in [0.5, 0.6) is 11.5 Å². The first-order valence-electron chi connectivity index (χ1n) is 10.2. The van der Waals surface area contributed by atoms with Crippen molar-refractivity contribution in [3.63, 3.8) is 0 Å². The Kier molecular flexibility index (Phi) is 6.11. The van der Waals surface area contributed by atoms with E-state index in [4.69, 9.17) is 19.5 Å². The third-order valence-electron chi connectivity index (χ3n) is 5.06. The summed E-state index contributed by atoms with van der Waals surface area (Å²) < 4.78 is 12.7. The molecule has 5 rings (SSSR count). The SMILES string of the molecule is Cc1cc(Br)cc(Br)c1N=C(N/N=C/c1ccc2c(c1)OCO2)c1ccc2ccccc2n1. The number of hydrogen-bond donors (Lipinski definition) is 1. The predicted molar refractivity (Wildman–Crippen MR) is 138 cm³/mol. The highest BCUT2D eigenvalue weighted by molar-refractivity contribution is 9.11. The summed E-state index contributed by atoms with van der Waals surface area (Å²) in [6.07, 6.45) is 1.71. The molecule has 164 valence electrons. The number of benzene rings is 3. The predicted octanol–water partition coefficient (Wildman–Crippen LogP) is 6.50. The quantitative estimate of drug-likeness (QED) is 0.174. The van der Waals surface area contributed by atoms with Gasteiger partial charge in [0.1, 0.15) is 5.69 Å². The number of nitrogens with zero attached hydrogens (tertiary/aromatic N) is 3. The number of hydrazone groups is 1. The average Bonchev–Trinajstić information content (AvgIpc) is 3.28. The Labute approximate surface area is 207 Å². The van der Waals surface area contributed by atoms with Gasteiger partial charge in [-0.05, 0) is 76.4 Å². The number of nitrogens with one attached hydrogen (secondary N) is 1. The van der Waals surface area contributed by atoms with Gasteiger partial charge in [0, 0.05) is 14.3 Å². The molecule has 4 aromatic rings. The number of fused-ring (bicyclic) bond motifs is 2. The maximum absolute atomic E-state index is 5.44. The van der Waals surface area contributed by atoms with E-state index in [1.807, 2.05) is 73.7 Å². The summed E-state index contributed by atoms with van der Waals surface area (Å²) in [5.41, 5.74) is 7.34. The zero-order valence-electron chi connectivity index (χ0n) is 17.5. The van der Waals surface area contributed by atoms with Crippen LogP contribution >= 0.6 is 31.9 Å². The molecule has 0 bridgehead atoms. The van der Waals surface area contributed by atoms with E-state index in [2.05, 4.69) is 42.4 Å². The lowest BCUT2D eigenvalue weighted by molar-refractivity contribution is 0.174. The van der Waals surface area contributed by atoms with Crippen molar-refractivity contribution < 1.29 is 9.47 Å². The van der Waals surface area contributed by atoms with Crippen LogP contribution in [0.4, 0.5) is 5.69 Å². The molecule has 1 aromatic heterocycles. The fourth-order valence-electron chi connectivity index (χ4n) is 3.45. The van der Waals surface area contributed by atoms with Crippen molar-refractivity contribution in [3.05, 3.63) is 92.5 Å². The monoisotopic (exact) mass is 564 g/mol. The zero-order chi connectivity index (χ0) is 22.8. The average molecular weight is 566 g/mol. The van der Waals surface area contributed by atoms with E-state index >= 15 is 0 Å². The number of hydrogen-bond acceptors (Lipinski definition) is 5. The molecule has 0 spiro atoms. The number of para-hydroxylation sites is 1. The topological polar surface area (TPSA) is 68.1 Å². The third-order valence-corrected chi connectivity index (χ3v) is 6.13. The second-order valence-corrected chi connectivity index (χ2v) is 9.16. The molecule has 1 aliphatic rings. The number of aromatic nitrogens is 1. The normalized spacial score (nSPS) is 13.1. The van der Waals surface area contributed by atoms with E-state index in [0.717, 1.165) is 42.4 Å². The number of rotatable bonds is 4. The molecule has 0 saturated carbocycles. The Morgan fingerprint density at radius 3 is 2.73 bits per heavy atom.